The highest BCUT2D eigenvalue weighted by Crippen LogP contribution is 2.29. The van der Waals surface area contributed by atoms with E-state index in [9.17, 15) is 18.0 Å². The van der Waals surface area contributed by atoms with E-state index in [1.807, 2.05) is 61.5 Å². The van der Waals surface area contributed by atoms with Gasteiger partial charge in [0.2, 0.25) is 11.8 Å². The van der Waals surface area contributed by atoms with Crippen molar-refractivity contribution in [1.29, 1.82) is 0 Å². The first kappa shape index (κ1) is 32.3. The summed E-state index contributed by atoms with van der Waals surface area (Å²) in [6, 6.07) is 28.8. The molecule has 1 atom stereocenters. The molecule has 224 valence electrons. The summed E-state index contributed by atoms with van der Waals surface area (Å²) >= 11 is 9.65. The molecule has 1 N–H and O–H groups in total. The van der Waals surface area contributed by atoms with Crippen LogP contribution in [0.15, 0.2) is 112 Å². The summed E-state index contributed by atoms with van der Waals surface area (Å²) in [7, 11) is -4.18. The summed E-state index contributed by atoms with van der Waals surface area (Å²) in [5.74, 6) is -0.846. The second-order valence-corrected chi connectivity index (χ2v) is 13.2. The van der Waals surface area contributed by atoms with Gasteiger partial charge in [-0.2, -0.15) is 0 Å². The maximum absolute atomic E-state index is 14.4. The van der Waals surface area contributed by atoms with Gasteiger partial charge in [-0.05, 0) is 73.0 Å². The molecule has 4 aromatic carbocycles. The Morgan fingerprint density at radius 3 is 2.12 bits per heavy atom. The molecule has 4 rings (SSSR count). The van der Waals surface area contributed by atoms with Crippen LogP contribution >= 0.6 is 27.5 Å². The van der Waals surface area contributed by atoms with Crippen LogP contribution in [-0.2, 0) is 32.6 Å². The van der Waals surface area contributed by atoms with Crippen molar-refractivity contribution < 1.29 is 18.0 Å². The number of hydrogen-bond donors (Lipinski definition) is 1. The Hall–Kier alpha value is -3.66. The Morgan fingerprint density at radius 1 is 0.884 bits per heavy atom. The van der Waals surface area contributed by atoms with Gasteiger partial charge in [0.25, 0.3) is 10.0 Å². The number of carbonyl (C=O) groups is 2. The van der Waals surface area contributed by atoms with E-state index >= 15 is 0 Å². The molecule has 10 heteroatoms. The first-order valence-corrected chi connectivity index (χ1v) is 16.4. The minimum atomic E-state index is -4.18. The maximum atomic E-state index is 14.4. The Balaban J connectivity index is 1.81. The van der Waals surface area contributed by atoms with Crippen LogP contribution in [0, 0.1) is 6.92 Å². The molecular weight excluding hydrogens is 650 g/mol. The lowest BCUT2D eigenvalue weighted by Crippen LogP contribution is -2.53. The van der Waals surface area contributed by atoms with Crippen LogP contribution in [0.3, 0.4) is 0 Å². The number of benzene rings is 4. The van der Waals surface area contributed by atoms with E-state index in [1.54, 1.807) is 43.3 Å². The highest BCUT2D eigenvalue weighted by atomic mass is 79.9. The third kappa shape index (κ3) is 8.25. The van der Waals surface area contributed by atoms with Gasteiger partial charge in [-0.25, -0.2) is 8.42 Å². The fourth-order valence-corrected chi connectivity index (χ4v) is 6.75. The van der Waals surface area contributed by atoms with Gasteiger partial charge in [-0.1, -0.05) is 88.2 Å². The van der Waals surface area contributed by atoms with Crippen LogP contribution in [0.25, 0.3) is 0 Å². The number of aryl methyl sites for hydroxylation is 1. The summed E-state index contributed by atoms with van der Waals surface area (Å²) < 4.78 is 30.1. The number of nitrogens with one attached hydrogen (secondary N) is 1. The normalized spacial score (nSPS) is 11.9. The fraction of sp³-hybridized carbons (Fsp3) is 0.212. The molecule has 0 aliphatic carbocycles. The Morgan fingerprint density at radius 2 is 1.51 bits per heavy atom. The van der Waals surface area contributed by atoms with Gasteiger partial charge in [0.05, 0.1) is 10.6 Å². The number of hydrogen-bond acceptors (Lipinski definition) is 4. The van der Waals surface area contributed by atoms with E-state index in [4.69, 9.17) is 11.6 Å². The van der Waals surface area contributed by atoms with E-state index in [-0.39, 0.29) is 23.8 Å². The van der Waals surface area contributed by atoms with E-state index in [1.165, 1.54) is 17.0 Å². The van der Waals surface area contributed by atoms with Gasteiger partial charge in [0.15, 0.2) is 0 Å². The molecule has 7 nitrogen and oxygen atoms in total. The predicted octanol–water partition coefficient (Wildman–Crippen LogP) is 6.38. The molecule has 43 heavy (non-hydrogen) atoms. The van der Waals surface area contributed by atoms with Crippen molar-refractivity contribution in [2.45, 2.75) is 37.8 Å². The summed E-state index contributed by atoms with van der Waals surface area (Å²) in [5.41, 5.74) is 2.57. The maximum Gasteiger partial charge on any atom is 0.264 e. The Labute approximate surface area is 266 Å². The third-order valence-corrected chi connectivity index (χ3v) is 9.46. The molecule has 2 amide bonds. The fourth-order valence-electron chi connectivity index (χ4n) is 4.76. The molecule has 0 saturated carbocycles. The molecular formula is C33H33BrClN3O4S. The molecule has 0 aromatic heterocycles. The molecule has 0 radical (unpaired) electrons. The summed E-state index contributed by atoms with van der Waals surface area (Å²) in [6.07, 6.45) is 0.250. The molecule has 0 bridgehead atoms. The van der Waals surface area contributed by atoms with E-state index in [0.717, 1.165) is 19.9 Å². The molecule has 0 unspecified atom stereocenters. The first-order valence-electron chi connectivity index (χ1n) is 13.8. The minimum absolute atomic E-state index is 0.0428. The summed E-state index contributed by atoms with van der Waals surface area (Å²) in [4.78, 5) is 29.5. The van der Waals surface area contributed by atoms with E-state index in [0.29, 0.717) is 22.8 Å². The number of likely N-dealkylation sites (N-methyl/N-ethyl adjacent to an activating group) is 1. The number of amides is 2. The van der Waals surface area contributed by atoms with Crippen molar-refractivity contribution in [3.63, 3.8) is 0 Å². The van der Waals surface area contributed by atoms with Crippen molar-refractivity contribution >= 4 is 55.1 Å². The van der Waals surface area contributed by atoms with Crippen LogP contribution in [0.5, 0.6) is 0 Å². The van der Waals surface area contributed by atoms with Crippen LogP contribution in [0.1, 0.15) is 23.6 Å². The highest BCUT2D eigenvalue weighted by Gasteiger charge is 2.35. The van der Waals surface area contributed by atoms with Crippen LogP contribution in [0.4, 0.5) is 5.69 Å². The largest absolute Gasteiger partial charge is 0.355 e. The summed E-state index contributed by atoms with van der Waals surface area (Å²) in [6.45, 7) is 3.50. The zero-order valence-corrected chi connectivity index (χ0v) is 27.1. The first-order chi connectivity index (χ1) is 20.6. The van der Waals surface area contributed by atoms with Crippen molar-refractivity contribution in [2.24, 2.45) is 0 Å². The number of rotatable bonds is 12. The van der Waals surface area contributed by atoms with E-state index in [2.05, 4.69) is 21.2 Å². The molecule has 0 aliphatic rings. The van der Waals surface area contributed by atoms with Gasteiger partial charge in [-0.15, -0.1) is 0 Å². The molecule has 4 aromatic rings. The SMILES string of the molecule is CCNC(=O)[C@H](Cc1ccccc1)N(Cc1ccc(Br)cc1)C(=O)CN(c1ccc(Cl)cc1C)S(=O)(=O)c1ccccc1. The van der Waals surface area contributed by atoms with Crippen LogP contribution < -0.4 is 9.62 Å². The quantitative estimate of drug-likeness (QED) is 0.188. The summed E-state index contributed by atoms with van der Waals surface area (Å²) in [5, 5.41) is 3.31. The Bertz CT molecular complexity index is 1650. The second kappa shape index (κ2) is 14.7. The molecule has 0 heterocycles. The van der Waals surface area contributed by atoms with Gasteiger partial charge >= 0.3 is 0 Å². The van der Waals surface area contributed by atoms with Crippen molar-refractivity contribution in [3.8, 4) is 0 Å². The average molecular weight is 683 g/mol. The lowest BCUT2D eigenvalue weighted by atomic mass is 10.0. The number of nitrogens with zero attached hydrogens (tertiary/aromatic N) is 2. The minimum Gasteiger partial charge on any atom is -0.355 e. The monoisotopic (exact) mass is 681 g/mol. The van der Waals surface area contributed by atoms with Crippen molar-refractivity contribution in [1.82, 2.24) is 10.2 Å². The zero-order chi connectivity index (χ0) is 31.0. The second-order valence-electron chi connectivity index (χ2n) is 10.0. The van der Waals surface area contributed by atoms with Crippen molar-refractivity contribution in [2.75, 3.05) is 17.4 Å². The third-order valence-electron chi connectivity index (χ3n) is 6.93. The van der Waals surface area contributed by atoms with Crippen LogP contribution in [0.2, 0.25) is 5.02 Å². The highest BCUT2D eigenvalue weighted by molar-refractivity contribution is 9.10. The topological polar surface area (TPSA) is 86.8 Å². The predicted molar refractivity (Wildman–Crippen MR) is 174 cm³/mol. The number of anilines is 1. The number of carbonyl (C=O) groups excluding carboxylic acids is 2. The lowest BCUT2D eigenvalue weighted by molar-refractivity contribution is -0.140. The lowest BCUT2D eigenvalue weighted by Gasteiger charge is -2.34. The molecule has 0 spiro atoms. The number of sulfonamides is 1. The number of halogens is 2. The average Bonchev–Trinajstić information content (AvgIpc) is 3.00. The van der Waals surface area contributed by atoms with Gasteiger partial charge in [-0.3, -0.25) is 13.9 Å². The van der Waals surface area contributed by atoms with Gasteiger partial charge < -0.3 is 10.2 Å². The molecule has 0 saturated heterocycles. The van der Waals surface area contributed by atoms with Gasteiger partial charge in [0, 0.05) is 29.0 Å². The smallest absolute Gasteiger partial charge is 0.264 e. The van der Waals surface area contributed by atoms with Crippen LogP contribution in [-0.4, -0.2) is 44.3 Å². The molecule has 0 fully saturated rings. The Kier molecular flexibility index (Phi) is 11.0. The van der Waals surface area contributed by atoms with E-state index < -0.39 is 28.5 Å². The molecule has 0 aliphatic heterocycles. The standard InChI is InChI=1S/C33H33BrClN3O4S/c1-3-36-33(40)31(21-25-10-6-4-7-11-25)37(22-26-14-16-27(34)17-15-26)32(39)23-38(30-19-18-28(35)20-24(30)2)43(41,42)29-12-8-5-9-13-29/h4-20,31H,3,21-23H2,1-2H3,(H,36,40)/t31-/m0/s1. The van der Waals surface area contributed by atoms with Crippen molar-refractivity contribution in [3.05, 3.63) is 129 Å². The van der Waals surface area contributed by atoms with Gasteiger partial charge in [0.1, 0.15) is 12.6 Å². The zero-order valence-electron chi connectivity index (χ0n) is 23.9.